The van der Waals surface area contributed by atoms with Gasteiger partial charge in [0.2, 0.25) is 0 Å². The molecule has 1 spiro atoms. The van der Waals surface area contributed by atoms with E-state index < -0.39 is 5.54 Å². The normalized spacial score (nSPS) is 26.1. The number of halogens is 1. The van der Waals surface area contributed by atoms with Crippen LogP contribution < -0.4 is 14.8 Å². The Morgan fingerprint density at radius 3 is 2.44 bits per heavy atom. The summed E-state index contributed by atoms with van der Waals surface area (Å²) in [4.78, 5) is 26.8. The van der Waals surface area contributed by atoms with Crippen molar-refractivity contribution >= 4 is 27.9 Å². The Morgan fingerprint density at radius 1 is 1.20 bits per heavy atom. The quantitative estimate of drug-likeness (QED) is 0.771. The molecule has 7 heteroatoms. The highest BCUT2D eigenvalue weighted by Crippen LogP contribution is 2.38. The minimum absolute atomic E-state index is 0.131. The average Bonchev–Trinajstić information content (AvgIpc) is 2.83. The van der Waals surface area contributed by atoms with Gasteiger partial charge in [-0.15, -0.1) is 0 Å². The molecular formula is C18H23BrN2O4. The van der Waals surface area contributed by atoms with Gasteiger partial charge in [0.15, 0.2) is 0 Å². The summed E-state index contributed by atoms with van der Waals surface area (Å²) in [5.74, 6) is 1.70. The van der Waals surface area contributed by atoms with E-state index in [1.54, 1.807) is 26.4 Å². The van der Waals surface area contributed by atoms with Crippen molar-refractivity contribution in [1.29, 1.82) is 0 Å². The monoisotopic (exact) mass is 410 g/mol. The Kier molecular flexibility index (Phi) is 4.95. The van der Waals surface area contributed by atoms with Crippen LogP contribution in [0.5, 0.6) is 11.5 Å². The molecule has 1 aliphatic carbocycles. The first-order valence-corrected chi connectivity index (χ1v) is 9.24. The molecule has 6 nitrogen and oxygen atoms in total. The molecule has 1 aromatic rings. The van der Waals surface area contributed by atoms with E-state index in [9.17, 15) is 9.59 Å². The number of nitrogens with zero attached hydrogens (tertiary/aromatic N) is 1. The molecule has 1 saturated heterocycles. The molecular weight excluding hydrogens is 388 g/mol. The topological polar surface area (TPSA) is 67.9 Å². The zero-order chi connectivity index (χ0) is 18.2. The number of imide groups is 1. The summed E-state index contributed by atoms with van der Waals surface area (Å²) in [5.41, 5.74) is 0.00305. The maximum Gasteiger partial charge on any atom is 0.325 e. The van der Waals surface area contributed by atoms with E-state index in [2.05, 4.69) is 28.2 Å². The highest BCUT2D eigenvalue weighted by atomic mass is 79.9. The first-order valence-electron chi connectivity index (χ1n) is 8.44. The van der Waals surface area contributed by atoms with Gasteiger partial charge in [0, 0.05) is 5.56 Å². The molecule has 3 rings (SSSR count). The number of hydrogen-bond donors (Lipinski definition) is 1. The van der Waals surface area contributed by atoms with Crippen LogP contribution >= 0.6 is 15.9 Å². The molecule has 1 aliphatic heterocycles. The molecule has 0 atom stereocenters. The maximum absolute atomic E-state index is 13.0. The van der Waals surface area contributed by atoms with Crippen molar-refractivity contribution < 1.29 is 19.1 Å². The Hall–Kier alpha value is -1.76. The van der Waals surface area contributed by atoms with Crippen LogP contribution in [0.1, 0.15) is 38.2 Å². The van der Waals surface area contributed by atoms with Gasteiger partial charge in [-0.05, 0) is 59.7 Å². The first-order chi connectivity index (χ1) is 11.9. The van der Waals surface area contributed by atoms with Gasteiger partial charge in [-0.25, -0.2) is 4.79 Å². The van der Waals surface area contributed by atoms with Gasteiger partial charge in [-0.2, -0.15) is 0 Å². The van der Waals surface area contributed by atoms with Gasteiger partial charge in [0.05, 0.1) is 25.2 Å². The summed E-state index contributed by atoms with van der Waals surface area (Å²) in [6.45, 7) is 2.35. The van der Waals surface area contributed by atoms with Crippen LogP contribution in [0.2, 0.25) is 0 Å². The predicted octanol–water partition coefficient (Wildman–Crippen LogP) is 3.47. The van der Waals surface area contributed by atoms with Crippen molar-refractivity contribution in [2.24, 2.45) is 5.92 Å². The number of benzene rings is 1. The van der Waals surface area contributed by atoms with E-state index in [0.29, 0.717) is 30.3 Å². The Bertz CT molecular complexity index is 699. The van der Waals surface area contributed by atoms with Gasteiger partial charge in [0.1, 0.15) is 17.0 Å². The number of amides is 3. The summed E-state index contributed by atoms with van der Waals surface area (Å²) in [6.07, 6.45) is 3.32. The zero-order valence-corrected chi connectivity index (χ0v) is 16.3. The molecule has 2 aliphatic rings. The van der Waals surface area contributed by atoms with Crippen LogP contribution in [0.4, 0.5) is 4.79 Å². The van der Waals surface area contributed by atoms with Crippen LogP contribution in [0.3, 0.4) is 0 Å². The largest absolute Gasteiger partial charge is 0.496 e. The smallest absolute Gasteiger partial charge is 0.325 e. The summed E-state index contributed by atoms with van der Waals surface area (Å²) in [7, 11) is 3.13. The van der Waals surface area contributed by atoms with Gasteiger partial charge < -0.3 is 14.8 Å². The second-order valence-electron chi connectivity index (χ2n) is 6.88. The van der Waals surface area contributed by atoms with Crippen molar-refractivity contribution in [2.75, 3.05) is 14.2 Å². The molecule has 0 aromatic heterocycles. The van der Waals surface area contributed by atoms with E-state index in [1.165, 1.54) is 4.90 Å². The van der Waals surface area contributed by atoms with Gasteiger partial charge in [-0.3, -0.25) is 9.69 Å². The summed E-state index contributed by atoms with van der Waals surface area (Å²) in [6, 6.07) is 3.24. The zero-order valence-electron chi connectivity index (χ0n) is 14.7. The van der Waals surface area contributed by atoms with Gasteiger partial charge in [0.25, 0.3) is 5.91 Å². The van der Waals surface area contributed by atoms with E-state index in [-0.39, 0.29) is 18.5 Å². The van der Waals surface area contributed by atoms with Crippen molar-refractivity contribution in [1.82, 2.24) is 10.2 Å². The number of rotatable bonds is 4. The minimum atomic E-state index is -0.726. The molecule has 1 heterocycles. The van der Waals surface area contributed by atoms with Crippen LogP contribution in [0.15, 0.2) is 16.6 Å². The molecule has 1 aromatic carbocycles. The molecule has 3 amide bonds. The SMILES string of the molecule is COc1cc(CN2C(=O)NC3(CCC(C)CC3)C2=O)c(OC)cc1Br. The fourth-order valence-corrected chi connectivity index (χ4v) is 4.12. The number of ether oxygens (including phenoxy) is 2. The lowest BCUT2D eigenvalue weighted by molar-refractivity contribution is -0.133. The van der Waals surface area contributed by atoms with Crippen molar-refractivity contribution in [3.8, 4) is 11.5 Å². The van der Waals surface area contributed by atoms with Gasteiger partial charge in [-0.1, -0.05) is 6.92 Å². The summed E-state index contributed by atoms with van der Waals surface area (Å²) in [5, 5.41) is 2.94. The first kappa shape index (κ1) is 18.0. The molecule has 25 heavy (non-hydrogen) atoms. The second-order valence-corrected chi connectivity index (χ2v) is 7.74. The lowest BCUT2D eigenvalue weighted by Crippen LogP contribution is -2.49. The number of methoxy groups -OCH3 is 2. The molecule has 1 N–H and O–H groups in total. The molecule has 2 fully saturated rings. The average molecular weight is 411 g/mol. The highest BCUT2D eigenvalue weighted by molar-refractivity contribution is 9.10. The number of urea groups is 1. The molecule has 0 bridgehead atoms. The summed E-state index contributed by atoms with van der Waals surface area (Å²) < 4.78 is 11.5. The standard InChI is InChI=1S/C18H23BrN2O4/c1-11-4-6-18(7-5-11)16(22)21(17(23)20-18)10-12-8-15(25-3)13(19)9-14(12)24-2/h8-9,11H,4-7,10H2,1-3H3,(H,20,23). The van der Waals surface area contributed by atoms with Crippen LogP contribution in [-0.2, 0) is 11.3 Å². The Labute approximate surface area is 156 Å². The molecule has 0 unspecified atom stereocenters. The minimum Gasteiger partial charge on any atom is -0.496 e. The maximum atomic E-state index is 13.0. The van der Waals surface area contributed by atoms with Gasteiger partial charge >= 0.3 is 6.03 Å². The molecule has 1 saturated carbocycles. The van der Waals surface area contributed by atoms with E-state index in [1.807, 2.05) is 0 Å². The third-order valence-corrected chi connectivity index (χ3v) is 5.88. The van der Waals surface area contributed by atoms with Crippen molar-refractivity contribution in [3.05, 3.63) is 22.2 Å². The number of nitrogens with one attached hydrogen (secondary N) is 1. The Morgan fingerprint density at radius 2 is 1.84 bits per heavy atom. The van der Waals surface area contributed by atoms with Crippen LogP contribution in [-0.4, -0.2) is 36.6 Å². The predicted molar refractivity (Wildman–Crippen MR) is 96.7 cm³/mol. The lowest BCUT2D eigenvalue weighted by atomic mass is 9.77. The van der Waals surface area contributed by atoms with E-state index in [4.69, 9.17) is 9.47 Å². The highest BCUT2D eigenvalue weighted by Gasteiger charge is 2.52. The van der Waals surface area contributed by atoms with E-state index in [0.717, 1.165) is 22.9 Å². The number of hydrogen-bond acceptors (Lipinski definition) is 4. The second kappa shape index (κ2) is 6.86. The van der Waals surface area contributed by atoms with Crippen LogP contribution in [0, 0.1) is 5.92 Å². The van der Waals surface area contributed by atoms with Crippen molar-refractivity contribution in [2.45, 2.75) is 44.7 Å². The van der Waals surface area contributed by atoms with E-state index >= 15 is 0 Å². The third kappa shape index (κ3) is 3.21. The number of carbonyl (C=O) groups excluding carboxylic acids is 2. The molecule has 136 valence electrons. The van der Waals surface area contributed by atoms with Crippen molar-refractivity contribution in [3.63, 3.8) is 0 Å². The fraction of sp³-hybridized carbons (Fsp3) is 0.556. The molecule has 0 radical (unpaired) electrons. The number of carbonyl (C=O) groups is 2. The summed E-state index contributed by atoms with van der Waals surface area (Å²) >= 11 is 3.42. The lowest BCUT2D eigenvalue weighted by Gasteiger charge is -2.33. The fourth-order valence-electron chi connectivity index (χ4n) is 3.63. The van der Waals surface area contributed by atoms with Crippen LogP contribution in [0.25, 0.3) is 0 Å². The third-order valence-electron chi connectivity index (χ3n) is 5.26. The Balaban J connectivity index is 1.86.